The monoisotopic (exact) mass is 400 g/mol. The Bertz CT molecular complexity index is 903. The lowest BCUT2D eigenvalue weighted by Crippen LogP contribution is -2.73. The van der Waals surface area contributed by atoms with E-state index in [1.165, 1.54) is 22.4 Å². The highest BCUT2D eigenvalue weighted by atomic mass is 29.3. The standard InChI is InChI=1S/C25H28OSi2/c1-4-27(2)21-20-25(22-14-8-5-9-15-22,23-16-10-6-11-17-23)26-28(27,3)24-18-12-7-13-19-24/h4-19H,1,20-21H2,2-3H3. The van der Waals surface area contributed by atoms with Crippen LogP contribution in [0.4, 0.5) is 0 Å². The number of benzene rings is 3. The Balaban J connectivity index is 1.93. The molecule has 3 aromatic carbocycles. The number of hydrogen-bond acceptors (Lipinski definition) is 1. The highest BCUT2D eigenvalue weighted by Gasteiger charge is 2.58. The Morgan fingerprint density at radius 1 is 0.786 bits per heavy atom. The molecule has 3 aromatic rings. The van der Waals surface area contributed by atoms with Gasteiger partial charge in [0, 0.05) is 0 Å². The number of hydrogen-bond donors (Lipinski definition) is 0. The van der Waals surface area contributed by atoms with E-state index in [1.807, 2.05) is 0 Å². The predicted molar refractivity (Wildman–Crippen MR) is 124 cm³/mol. The fraction of sp³-hybridized carbons (Fsp3) is 0.200. The first-order chi connectivity index (χ1) is 13.5. The molecule has 142 valence electrons. The summed E-state index contributed by atoms with van der Waals surface area (Å²) >= 11 is 0. The minimum Gasteiger partial charge on any atom is -0.401 e. The smallest absolute Gasteiger partial charge is 0.213 e. The van der Waals surface area contributed by atoms with Crippen LogP contribution in [0.1, 0.15) is 17.5 Å². The van der Waals surface area contributed by atoms with Crippen LogP contribution in [0.3, 0.4) is 0 Å². The van der Waals surface area contributed by atoms with Gasteiger partial charge in [-0.1, -0.05) is 104 Å². The first kappa shape index (κ1) is 19.1. The van der Waals surface area contributed by atoms with Crippen LogP contribution in [-0.4, -0.2) is 15.4 Å². The van der Waals surface area contributed by atoms with Crippen LogP contribution in [0.5, 0.6) is 0 Å². The van der Waals surface area contributed by atoms with Crippen molar-refractivity contribution in [1.82, 2.24) is 0 Å². The highest BCUT2D eigenvalue weighted by Crippen LogP contribution is 2.48. The summed E-state index contributed by atoms with van der Waals surface area (Å²) < 4.78 is 7.46. The summed E-state index contributed by atoms with van der Waals surface area (Å²) in [5, 5.41) is 1.39. The van der Waals surface area contributed by atoms with Gasteiger partial charge in [0.15, 0.2) is 0 Å². The zero-order valence-electron chi connectivity index (χ0n) is 16.8. The van der Waals surface area contributed by atoms with Crippen LogP contribution in [0.2, 0.25) is 19.1 Å². The van der Waals surface area contributed by atoms with Crippen molar-refractivity contribution >= 4 is 20.6 Å². The van der Waals surface area contributed by atoms with E-state index in [4.69, 9.17) is 4.43 Å². The molecular formula is C25H28OSi2. The molecule has 4 rings (SSSR count). The normalized spacial score (nSPS) is 26.5. The molecule has 1 saturated heterocycles. The van der Waals surface area contributed by atoms with Crippen molar-refractivity contribution in [2.45, 2.75) is 31.2 Å². The molecule has 0 spiro atoms. The minimum absolute atomic E-state index is 0.394. The Hall–Kier alpha value is -2.21. The summed E-state index contributed by atoms with van der Waals surface area (Å²) in [6, 6.07) is 33.7. The van der Waals surface area contributed by atoms with Crippen molar-refractivity contribution in [2.75, 3.05) is 0 Å². The predicted octanol–water partition coefficient (Wildman–Crippen LogP) is 5.72. The third-order valence-electron chi connectivity index (χ3n) is 6.72. The summed E-state index contributed by atoms with van der Waals surface area (Å²) in [6.07, 6.45) is 1.01. The fourth-order valence-electron chi connectivity index (χ4n) is 4.62. The summed E-state index contributed by atoms with van der Waals surface area (Å²) in [4.78, 5) is 0. The molecule has 0 bridgehead atoms. The van der Waals surface area contributed by atoms with E-state index in [0.717, 1.165) is 6.42 Å². The molecule has 0 aliphatic carbocycles. The average Bonchev–Trinajstić information content (AvgIpc) is 2.77. The maximum atomic E-state index is 7.46. The molecule has 2 unspecified atom stereocenters. The van der Waals surface area contributed by atoms with Gasteiger partial charge in [-0.2, -0.15) is 0 Å². The summed E-state index contributed by atoms with van der Waals surface area (Å²) in [6.45, 7) is 9.18. The molecule has 1 nitrogen and oxygen atoms in total. The summed E-state index contributed by atoms with van der Waals surface area (Å²) in [7, 11) is -4.03. The number of rotatable bonds is 4. The van der Waals surface area contributed by atoms with Gasteiger partial charge in [0.1, 0.15) is 13.2 Å². The molecular weight excluding hydrogens is 372 g/mol. The van der Waals surface area contributed by atoms with Gasteiger partial charge in [-0.05, 0) is 29.3 Å². The first-order valence-corrected chi connectivity index (χ1v) is 16.2. The van der Waals surface area contributed by atoms with Crippen molar-refractivity contribution in [3.05, 3.63) is 114 Å². The van der Waals surface area contributed by atoms with Crippen molar-refractivity contribution in [2.24, 2.45) is 0 Å². The van der Waals surface area contributed by atoms with E-state index in [1.54, 1.807) is 0 Å². The largest absolute Gasteiger partial charge is 0.401 e. The van der Waals surface area contributed by atoms with E-state index in [0.29, 0.717) is 0 Å². The van der Waals surface area contributed by atoms with Crippen LogP contribution in [0.25, 0.3) is 0 Å². The van der Waals surface area contributed by atoms with Gasteiger partial charge in [-0.15, -0.1) is 12.3 Å². The van der Waals surface area contributed by atoms with Crippen molar-refractivity contribution in [1.29, 1.82) is 0 Å². The molecule has 0 aromatic heterocycles. The van der Waals surface area contributed by atoms with E-state index in [-0.39, 0.29) is 0 Å². The van der Waals surface area contributed by atoms with Gasteiger partial charge in [0.2, 0.25) is 7.83 Å². The van der Waals surface area contributed by atoms with Crippen LogP contribution >= 0.6 is 0 Å². The Morgan fingerprint density at radius 2 is 1.25 bits per heavy atom. The van der Waals surface area contributed by atoms with Gasteiger partial charge in [-0.25, -0.2) is 0 Å². The molecule has 1 aliphatic rings. The topological polar surface area (TPSA) is 9.23 Å². The second-order valence-corrected chi connectivity index (χ2v) is 21.1. The van der Waals surface area contributed by atoms with E-state index in [9.17, 15) is 0 Å². The van der Waals surface area contributed by atoms with E-state index < -0.39 is 21.0 Å². The van der Waals surface area contributed by atoms with Crippen LogP contribution in [0.15, 0.2) is 103 Å². The molecule has 0 amide bonds. The van der Waals surface area contributed by atoms with Gasteiger partial charge < -0.3 is 4.43 Å². The Kier molecular flexibility index (Phi) is 5.00. The van der Waals surface area contributed by atoms with E-state index >= 15 is 0 Å². The van der Waals surface area contributed by atoms with Crippen LogP contribution in [0, 0.1) is 0 Å². The van der Waals surface area contributed by atoms with E-state index in [2.05, 4.69) is 116 Å². The maximum absolute atomic E-state index is 7.46. The molecule has 1 heterocycles. The highest BCUT2D eigenvalue weighted by molar-refractivity contribution is 7.45. The lowest BCUT2D eigenvalue weighted by Gasteiger charge is -2.54. The van der Waals surface area contributed by atoms with Crippen LogP contribution in [-0.2, 0) is 10.0 Å². The van der Waals surface area contributed by atoms with Crippen molar-refractivity contribution in [3.8, 4) is 0 Å². The molecule has 0 radical (unpaired) electrons. The molecule has 3 heteroatoms. The zero-order valence-corrected chi connectivity index (χ0v) is 18.8. The summed E-state index contributed by atoms with van der Waals surface area (Å²) in [5.74, 6) is 0. The average molecular weight is 401 g/mol. The van der Waals surface area contributed by atoms with Gasteiger partial charge in [0.05, 0.1) is 0 Å². The van der Waals surface area contributed by atoms with Crippen molar-refractivity contribution in [3.63, 3.8) is 0 Å². The van der Waals surface area contributed by atoms with Gasteiger partial charge in [0.25, 0.3) is 0 Å². The molecule has 0 saturated carbocycles. The molecule has 1 fully saturated rings. The Labute approximate surface area is 170 Å². The SMILES string of the molecule is C=C[Si]1(C)CCC(c2ccccc2)(c2ccccc2)O[Si]1(C)c1ccccc1. The maximum Gasteiger partial charge on any atom is 0.213 e. The first-order valence-electron chi connectivity index (χ1n) is 10.0. The molecule has 0 N–H and O–H groups in total. The quantitative estimate of drug-likeness (QED) is 0.509. The lowest BCUT2D eigenvalue weighted by molar-refractivity contribution is 0.0964. The molecule has 28 heavy (non-hydrogen) atoms. The minimum atomic E-state index is -2.25. The third-order valence-corrected chi connectivity index (χ3v) is 22.4. The van der Waals surface area contributed by atoms with Gasteiger partial charge >= 0.3 is 0 Å². The summed E-state index contributed by atoms with van der Waals surface area (Å²) in [5.41, 5.74) is 4.41. The zero-order chi connectivity index (χ0) is 19.7. The molecule has 2 atom stereocenters. The van der Waals surface area contributed by atoms with Crippen molar-refractivity contribution < 1.29 is 4.43 Å². The Morgan fingerprint density at radius 3 is 1.71 bits per heavy atom. The van der Waals surface area contributed by atoms with Gasteiger partial charge in [-0.3, -0.25) is 0 Å². The third kappa shape index (κ3) is 2.94. The molecule has 1 aliphatic heterocycles. The van der Waals surface area contributed by atoms with Crippen LogP contribution < -0.4 is 5.19 Å². The lowest BCUT2D eigenvalue weighted by atomic mass is 9.84. The second-order valence-electron chi connectivity index (χ2n) is 8.18. The fourth-order valence-corrected chi connectivity index (χ4v) is 16.1. The second kappa shape index (κ2) is 7.32.